The smallest absolute Gasteiger partial charge is 0.453 e. The average molecular weight is 408 g/mol. The summed E-state index contributed by atoms with van der Waals surface area (Å²) in [5, 5.41) is 10.0. The summed E-state index contributed by atoms with van der Waals surface area (Å²) in [6, 6.07) is 8.23. The number of aromatic hydroxyl groups is 1. The van der Waals surface area contributed by atoms with Crippen LogP contribution in [0.2, 0.25) is 0 Å². The minimum absolute atomic E-state index is 0.0152. The molecule has 3 aromatic rings. The first-order chi connectivity index (χ1) is 13.6. The maximum absolute atomic E-state index is 13.7. The molecule has 0 aliphatic carbocycles. The second kappa shape index (κ2) is 7.69. The number of methoxy groups -OCH3 is 1. The molecule has 0 bridgehead atoms. The molecule has 0 spiro atoms. The van der Waals surface area contributed by atoms with Crippen LogP contribution in [0.1, 0.15) is 25.2 Å². The van der Waals surface area contributed by atoms with Gasteiger partial charge >= 0.3 is 6.18 Å². The summed E-state index contributed by atoms with van der Waals surface area (Å²) in [4.78, 5) is 12.9. The molecule has 0 saturated carbocycles. The molecule has 8 heteroatoms. The van der Waals surface area contributed by atoms with E-state index in [1.54, 1.807) is 0 Å². The zero-order valence-electron chi connectivity index (χ0n) is 16.0. The molecule has 5 nitrogen and oxygen atoms in total. The van der Waals surface area contributed by atoms with E-state index in [0.717, 1.165) is 0 Å². The predicted molar refractivity (Wildman–Crippen MR) is 101 cm³/mol. The number of benzene rings is 2. The van der Waals surface area contributed by atoms with Crippen LogP contribution in [0.4, 0.5) is 13.2 Å². The van der Waals surface area contributed by atoms with Crippen molar-refractivity contribution in [3.8, 4) is 23.0 Å². The fraction of sp³-hybridized carbons (Fsp3) is 0.286. The number of fused-ring (bicyclic) bond motifs is 1. The summed E-state index contributed by atoms with van der Waals surface area (Å²) < 4.78 is 56.4. The SMILES string of the molecule is COc1ccc(Oc2c(C(F)(F)F)oc3c(CC(C)C)c(O)ccc3c2=O)cc1. The summed E-state index contributed by atoms with van der Waals surface area (Å²) in [7, 11) is 1.44. The van der Waals surface area contributed by atoms with E-state index in [1.807, 2.05) is 13.8 Å². The van der Waals surface area contributed by atoms with E-state index in [1.165, 1.54) is 43.5 Å². The van der Waals surface area contributed by atoms with Crippen LogP contribution >= 0.6 is 0 Å². The van der Waals surface area contributed by atoms with Crippen LogP contribution in [0.25, 0.3) is 11.0 Å². The van der Waals surface area contributed by atoms with Gasteiger partial charge in [-0.1, -0.05) is 13.8 Å². The standard InChI is InChI=1S/C21H19F3O5/c1-11(2)10-15-16(25)9-8-14-17(26)19(20(21(22,23)24)29-18(14)15)28-13-6-4-12(27-3)5-7-13/h4-9,11,25H,10H2,1-3H3. The monoisotopic (exact) mass is 408 g/mol. The summed E-state index contributed by atoms with van der Waals surface area (Å²) in [5.74, 6) is -2.23. The summed E-state index contributed by atoms with van der Waals surface area (Å²) in [6.45, 7) is 3.67. The molecule has 1 N–H and O–H groups in total. The first kappa shape index (κ1) is 20.6. The second-order valence-corrected chi connectivity index (χ2v) is 6.90. The first-order valence-electron chi connectivity index (χ1n) is 8.82. The van der Waals surface area contributed by atoms with Crippen LogP contribution in [-0.4, -0.2) is 12.2 Å². The highest BCUT2D eigenvalue weighted by molar-refractivity contribution is 5.83. The Labute approximate surface area is 164 Å². The third-order valence-electron chi connectivity index (χ3n) is 4.25. The molecular weight excluding hydrogens is 389 g/mol. The fourth-order valence-electron chi connectivity index (χ4n) is 2.93. The lowest BCUT2D eigenvalue weighted by molar-refractivity contribution is -0.154. The van der Waals surface area contributed by atoms with Gasteiger partial charge in [-0.25, -0.2) is 0 Å². The minimum atomic E-state index is -4.98. The van der Waals surface area contributed by atoms with Crippen LogP contribution in [-0.2, 0) is 12.6 Å². The highest BCUT2D eigenvalue weighted by atomic mass is 19.4. The second-order valence-electron chi connectivity index (χ2n) is 6.90. The third kappa shape index (κ3) is 4.16. The van der Waals surface area contributed by atoms with Gasteiger partial charge < -0.3 is 19.0 Å². The largest absolute Gasteiger partial charge is 0.508 e. The Balaban J connectivity index is 2.24. The molecule has 0 amide bonds. The Morgan fingerprint density at radius 2 is 1.69 bits per heavy atom. The van der Waals surface area contributed by atoms with Crippen molar-refractivity contribution in [2.75, 3.05) is 7.11 Å². The van der Waals surface area contributed by atoms with Crippen molar-refractivity contribution in [1.82, 2.24) is 0 Å². The first-order valence-corrected chi connectivity index (χ1v) is 8.82. The molecule has 3 rings (SSSR count). The Kier molecular flexibility index (Phi) is 5.46. The van der Waals surface area contributed by atoms with Crippen molar-refractivity contribution < 1.29 is 32.2 Å². The zero-order valence-corrected chi connectivity index (χ0v) is 16.0. The van der Waals surface area contributed by atoms with E-state index in [-0.39, 0.29) is 40.4 Å². The summed E-state index contributed by atoms with van der Waals surface area (Å²) in [6.07, 6.45) is -4.74. The molecule has 29 heavy (non-hydrogen) atoms. The van der Waals surface area contributed by atoms with Gasteiger partial charge in [-0.15, -0.1) is 0 Å². The van der Waals surface area contributed by atoms with Crippen LogP contribution in [0.15, 0.2) is 45.6 Å². The van der Waals surface area contributed by atoms with E-state index in [9.17, 15) is 23.1 Å². The molecule has 0 radical (unpaired) electrons. The molecular formula is C21H19F3O5. The highest BCUT2D eigenvalue weighted by Gasteiger charge is 2.41. The van der Waals surface area contributed by atoms with Crippen LogP contribution < -0.4 is 14.9 Å². The number of ether oxygens (including phenoxy) is 2. The van der Waals surface area contributed by atoms with Gasteiger partial charge in [-0.2, -0.15) is 13.2 Å². The Hall–Kier alpha value is -3.16. The molecule has 0 fully saturated rings. The maximum atomic E-state index is 13.7. The number of hydrogen-bond donors (Lipinski definition) is 1. The zero-order chi connectivity index (χ0) is 21.3. The van der Waals surface area contributed by atoms with E-state index >= 15 is 0 Å². The topological polar surface area (TPSA) is 68.9 Å². The Morgan fingerprint density at radius 3 is 2.24 bits per heavy atom. The number of hydrogen-bond acceptors (Lipinski definition) is 5. The molecule has 2 aromatic carbocycles. The van der Waals surface area contributed by atoms with Gasteiger partial charge in [0, 0.05) is 5.56 Å². The molecule has 0 aliphatic rings. The van der Waals surface area contributed by atoms with Crippen molar-refractivity contribution in [3.05, 3.63) is 57.9 Å². The van der Waals surface area contributed by atoms with E-state index in [0.29, 0.717) is 5.75 Å². The maximum Gasteiger partial charge on any atom is 0.453 e. The minimum Gasteiger partial charge on any atom is -0.508 e. The lowest BCUT2D eigenvalue weighted by atomic mass is 9.99. The number of rotatable bonds is 5. The number of alkyl halides is 3. The Bertz CT molecular complexity index is 1080. The Morgan fingerprint density at radius 1 is 1.07 bits per heavy atom. The molecule has 0 aliphatic heterocycles. The molecule has 0 unspecified atom stereocenters. The van der Waals surface area contributed by atoms with Gasteiger partial charge in [0.15, 0.2) is 0 Å². The van der Waals surface area contributed by atoms with Gasteiger partial charge in [0.25, 0.3) is 5.76 Å². The van der Waals surface area contributed by atoms with Crippen molar-refractivity contribution in [2.24, 2.45) is 5.92 Å². The molecule has 1 aromatic heterocycles. The van der Waals surface area contributed by atoms with Crippen molar-refractivity contribution in [2.45, 2.75) is 26.4 Å². The molecule has 154 valence electrons. The molecule has 0 atom stereocenters. The van der Waals surface area contributed by atoms with Crippen molar-refractivity contribution >= 4 is 11.0 Å². The molecule has 1 heterocycles. The highest BCUT2D eigenvalue weighted by Crippen LogP contribution is 2.40. The summed E-state index contributed by atoms with van der Waals surface area (Å²) >= 11 is 0. The van der Waals surface area contributed by atoms with Gasteiger partial charge in [0.05, 0.1) is 12.5 Å². The van der Waals surface area contributed by atoms with Crippen molar-refractivity contribution in [1.29, 1.82) is 0 Å². The number of phenolic OH excluding ortho intramolecular Hbond substituents is 1. The lowest BCUT2D eigenvalue weighted by Crippen LogP contribution is -2.16. The number of halogens is 3. The fourth-order valence-corrected chi connectivity index (χ4v) is 2.93. The van der Waals surface area contributed by atoms with Crippen LogP contribution in [0.3, 0.4) is 0 Å². The third-order valence-corrected chi connectivity index (χ3v) is 4.25. The van der Waals surface area contributed by atoms with Crippen molar-refractivity contribution in [3.63, 3.8) is 0 Å². The van der Waals surface area contributed by atoms with Gasteiger partial charge in [0.1, 0.15) is 22.8 Å². The lowest BCUT2D eigenvalue weighted by Gasteiger charge is -2.16. The predicted octanol–water partition coefficient (Wildman–Crippen LogP) is 5.52. The van der Waals surface area contributed by atoms with E-state index in [2.05, 4.69) is 0 Å². The van der Waals surface area contributed by atoms with E-state index in [4.69, 9.17) is 13.9 Å². The summed E-state index contributed by atoms with van der Waals surface area (Å²) in [5.41, 5.74) is -1.12. The quantitative estimate of drug-likeness (QED) is 0.602. The molecule has 0 saturated heterocycles. The van der Waals surface area contributed by atoms with Gasteiger partial charge in [-0.3, -0.25) is 4.79 Å². The normalized spacial score (nSPS) is 11.8. The van der Waals surface area contributed by atoms with Gasteiger partial charge in [0.2, 0.25) is 11.2 Å². The van der Waals surface area contributed by atoms with Crippen LogP contribution in [0.5, 0.6) is 23.0 Å². The van der Waals surface area contributed by atoms with Gasteiger partial charge in [-0.05, 0) is 48.7 Å². The van der Waals surface area contributed by atoms with E-state index < -0.39 is 23.1 Å². The number of phenols is 1. The average Bonchev–Trinajstić information content (AvgIpc) is 2.65. The van der Waals surface area contributed by atoms with Crippen LogP contribution in [0, 0.1) is 5.92 Å².